The fourth-order valence-corrected chi connectivity index (χ4v) is 3.59. The van der Waals surface area contributed by atoms with E-state index in [0.717, 1.165) is 30.4 Å². The van der Waals surface area contributed by atoms with Crippen molar-refractivity contribution in [1.82, 2.24) is 5.32 Å². The molecule has 0 aliphatic carbocycles. The van der Waals surface area contributed by atoms with E-state index in [1.54, 1.807) is 0 Å². The number of hydrogen-bond acceptors (Lipinski definition) is 3. The molecule has 1 heterocycles. The van der Waals surface area contributed by atoms with Gasteiger partial charge in [-0.3, -0.25) is 0 Å². The highest BCUT2D eigenvalue weighted by Crippen LogP contribution is 2.31. The molecular weight excluding hydrogens is 316 g/mol. The van der Waals surface area contributed by atoms with Crippen molar-refractivity contribution in [3.63, 3.8) is 0 Å². The van der Waals surface area contributed by atoms with Gasteiger partial charge in [-0.05, 0) is 50.4 Å². The van der Waals surface area contributed by atoms with Crippen LogP contribution in [0.4, 0.5) is 5.69 Å². The fraction of sp³-hybridized carbons (Fsp3) is 0.625. The van der Waals surface area contributed by atoms with Crippen molar-refractivity contribution >= 4 is 21.6 Å². The Hall–Kier alpha value is -0.580. The number of aliphatic hydroxyl groups is 1. The summed E-state index contributed by atoms with van der Waals surface area (Å²) in [5.41, 5.74) is 2.50. The number of anilines is 1. The molecule has 1 aromatic rings. The van der Waals surface area contributed by atoms with Gasteiger partial charge in [-0.15, -0.1) is 0 Å². The van der Waals surface area contributed by atoms with Crippen LogP contribution in [0.1, 0.15) is 44.7 Å². The Balaban J connectivity index is 2.13. The van der Waals surface area contributed by atoms with Crippen LogP contribution in [0, 0.1) is 0 Å². The van der Waals surface area contributed by atoms with Gasteiger partial charge in [-0.25, -0.2) is 0 Å². The molecule has 0 spiro atoms. The summed E-state index contributed by atoms with van der Waals surface area (Å²) in [5, 5.41) is 13.0. The summed E-state index contributed by atoms with van der Waals surface area (Å²) in [6.07, 6.45) is 3.40. The van der Waals surface area contributed by atoms with Gasteiger partial charge < -0.3 is 15.3 Å². The third-order valence-corrected chi connectivity index (χ3v) is 4.76. The van der Waals surface area contributed by atoms with Crippen LogP contribution in [0.25, 0.3) is 0 Å². The molecule has 2 atom stereocenters. The van der Waals surface area contributed by atoms with Gasteiger partial charge in [0.25, 0.3) is 0 Å². The van der Waals surface area contributed by atoms with Crippen molar-refractivity contribution in [1.29, 1.82) is 0 Å². The first-order valence-corrected chi connectivity index (χ1v) is 8.37. The van der Waals surface area contributed by atoms with Gasteiger partial charge in [-0.2, -0.15) is 0 Å². The van der Waals surface area contributed by atoms with Crippen LogP contribution in [0.15, 0.2) is 22.7 Å². The first-order valence-electron chi connectivity index (χ1n) is 7.57. The zero-order valence-corrected chi connectivity index (χ0v) is 14.0. The van der Waals surface area contributed by atoms with Crippen molar-refractivity contribution in [2.45, 2.75) is 45.2 Å². The van der Waals surface area contributed by atoms with Gasteiger partial charge in [0.05, 0.1) is 12.6 Å². The highest BCUT2D eigenvalue weighted by molar-refractivity contribution is 9.10. The topological polar surface area (TPSA) is 35.5 Å². The molecular formula is C16H25BrN2O. The maximum absolute atomic E-state index is 9.44. The standard InChI is InChI=1S/C16H25BrN2O/c1-3-8-18-12(2)15-7-6-13(10-16(15)17)19-9-4-5-14(19)11-20/h6-7,10,12,14,18,20H,3-5,8-9,11H2,1-2H3. The molecule has 4 heteroatoms. The maximum atomic E-state index is 9.44. The largest absolute Gasteiger partial charge is 0.394 e. The first-order chi connectivity index (χ1) is 9.67. The number of aliphatic hydroxyl groups excluding tert-OH is 1. The molecule has 0 radical (unpaired) electrons. The summed E-state index contributed by atoms with van der Waals surface area (Å²) < 4.78 is 1.15. The second-order valence-corrected chi connectivity index (χ2v) is 6.41. The van der Waals surface area contributed by atoms with Crippen LogP contribution in [-0.2, 0) is 0 Å². The molecule has 2 rings (SSSR count). The second kappa shape index (κ2) is 7.43. The minimum atomic E-state index is 0.244. The maximum Gasteiger partial charge on any atom is 0.0635 e. The molecule has 112 valence electrons. The molecule has 1 aliphatic heterocycles. The summed E-state index contributed by atoms with van der Waals surface area (Å²) >= 11 is 3.70. The Bertz CT molecular complexity index is 438. The zero-order chi connectivity index (χ0) is 14.5. The Morgan fingerprint density at radius 3 is 2.95 bits per heavy atom. The monoisotopic (exact) mass is 340 g/mol. The predicted octanol–water partition coefficient (Wildman–Crippen LogP) is 3.47. The number of rotatable bonds is 6. The van der Waals surface area contributed by atoms with Gasteiger partial charge in [0.2, 0.25) is 0 Å². The summed E-state index contributed by atoms with van der Waals surface area (Å²) in [4.78, 5) is 2.32. The van der Waals surface area contributed by atoms with Crippen molar-refractivity contribution in [3.05, 3.63) is 28.2 Å². The smallest absolute Gasteiger partial charge is 0.0635 e. The van der Waals surface area contributed by atoms with Gasteiger partial charge in [0.15, 0.2) is 0 Å². The molecule has 0 bridgehead atoms. The molecule has 20 heavy (non-hydrogen) atoms. The number of nitrogens with zero attached hydrogens (tertiary/aromatic N) is 1. The molecule has 1 saturated heterocycles. The van der Waals surface area contributed by atoms with E-state index in [4.69, 9.17) is 0 Å². The number of benzene rings is 1. The van der Waals surface area contributed by atoms with E-state index in [1.165, 1.54) is 17.7 Å². The lowest BCUT2D eigenvalue weighted by atomic mass is 10.1. The van der Waals surface area contributed by atoms with Crippen molar-refractivity contribution in [2.24, 2.45) is 0 Å². The lowest BCUT2D eigenvalue weighted by Gasteiger charge is -2.26. The molecule has 0 saturated carbocycles. The van der Waals surface area contributed by atoms with Crippen molar-refractivity contribution < 1.29 is 5.11 Å². The number of hydrogen-bond donors (Lipinski definition) is 2. The third kappa shape index (κ3) is 3.54. The summed E-state index contributed by atoms with van der Waals surface area (Å²) in [5.74, 6) is 0. The average Bonchev–Trinajstić information content (AvgIpc) is 2.93. The normalized spacial score (nSPS) is 20.4. The molecule has 1 aliphatic rings. The Kier molecular flexibility index (Phi) is 5.87. The van der Waals surface area contributed by atoms with Gasteiger partial charge in [-0.1, -0.05) is 28.9 Å². The van der Waals surface area contributed by atoms with Crippen molar-refractivity contribution in [2.75, 3.05) is 24.6 Å². The third-order valence-electron chi connectivity index (χ3n) is 4.07. The quantitative estimate of drug-likeness (QED) is 0.832. The molecule has 0 aromatic heterocycles. The van der Waals surface area contributed by atoms with E-state index in [2.05, 4.69) is 58.2 Å². The number of nitrogens with one attached hydrogen (secondary N) is 1. The highest BCUT2D eigenvalue weighted by Gasteiger charge is 2.24. The van der Waals surface area contributed by atoms with E-state index in [0.29, 0.717) is 6.04 Å². The summed E-state index contributed by atoms with van der Waals surface area (Å²) in [6.45, 7) is 6.70. The second-order valence-electron chi connectivity index (χ2n) is 5.55. The zero-order valence-electron chi connectivity index (χ0n) is 12.4. The average molecular weight is 341 g/mol. The van der Waals surface area contributed by atoms with E-state index in [-0.39, 0.29) is 12.6 Å². The van der Waals surface area contributed by atoms with E-state index < -0.39 is 0 Å². The van der Waals surface area contributed by atoms with E-state index >= 15 is 0 Å². The van der Waals surface area contributed by atoms with Gasteiger partial charge in [0.1, 0.15) is 0 Å². The molecule has 0 amide bonds. The lowest BCUT2D eigenvalue weighted by molar-refractivity contribution is 0.266. The summed E-state index contributed by atoms with van der Waals surface area (Å²) in [7, 11) is 0. The van der Waals surface area contributed by atoms with E-state index in [9.17, 15) is 5.11 Å². The molecule has 1 aromatic carbocycles. The van der Waals surface area contributed by atoms with Gasteiger partial charge in [0, 0.05) is 22.7 Å². The van der Waals surface area contributed by atoms with Gasteiger partial charge >= 0.3 is 0 Å². The first kappa shape index (κ1) is 15.8. The van der Waals surface area contributed by atoms with Crippen LogP contribution in [0.2, 0.25) is 0 Å². The molecule has 3 nitrogen and oxygen atoms in total. The Morgan fingerprint density at radius 2 is 2.30 bits per heavy atom. The van der Waals surface area contributed by atoms with Crippen LogP contribution >= 0.6 is 15.9 Å². The van der Waals surface area contributed by atoms with Crippen LogP contribution in [0.3, 0.4) is 0 Å². The lowest BCUT2D eigenvalue weighted by Crippen LogP contribution is -2.32. The fourth-order valence-electron chi connectivity index (χ4n) is 2.88. The molecule has 2 unspecified atom stereocenters. The van der Waals surface area contributed by atoms with Crippen LogP contribution < -0.4 is 10.2 Å². The minimum Gasteiger partial charge on any atom is -0.394 e. The van der Waals surface area contributed by atoms with Crippen LogP contribution in [-0.4, -0.2) is 30.8 Å². The minimum absolute atomic E-state index is 0.244. The number of halogens is 1. The van der Waals surface area contributed by atoms with Crippen LogP contribution in [0.5, 0.6) is 0 Å². The van der Waals surface area contributed by atoms with E-state index in [1.807, 2.05) is 0 Å². The predicted molar refractivity (Wildman–Crippen MR) is 88.3 cm³/mol. The Labute approximate surface area is 130 Å². The molecule has 2 N–H and O–H groups in total. The highest BCUT2D eigenvalue weighted by atomic mass is 79.9. The summed E-state index contributed by atoms with van der Waals surface area (Å²) in [6, 6.07) is 7.19. The SMILES string of the molecule is CCCNC(C)c1ccc(N2CCCC2CO)cc1Br. The van der Waals surface area contributed by atoms with Crippen molar-refractivity contribution in [3.8, 4) is 0 Å². The Morgan fingerprint density at radius 1 is 1.50 bits per heavy atom. The molecule has 1 fully saturated rings.